The fourth-order valence-corrected chi connectivity index (χ4v) is 1.49. The first-order valence-electron chi connectivity index (χ1n) is 3.61. The molecule has 0 bridgehead atoms. The highest BCUT2D eigenvalue weighted by Gasteiger charge is 2.03. The van der Waals surface area contributed by atoms with E-state index in [1.807, 2.05) is 0 Å². The monoisotopic (exact) mass is 199 g/mol. The molecule has 0 radical (unpaired) electrons. The summed E-state index contributed by atoms with van der Waals surface area (Å²) in [5, 5.41) is 8.97. The zero-order chi connectivity index (χ0) is 9.68. The number of hydrogen-bond donors (Lipinski definition) is 2. The highest BCUT2D eigenvalue weighted by atomic mass is 32.2. The summed E-state index contributed by atoms with van der Waals surface area (Å²) in [6.45, 7) is 0. The van der Waals surface area contributed by atoms with Crippen LogP contribution in [0.25, 0.3) is 0 Å². The van der Waals surface area contributed by atoms with Gasteiger partial charge >= 0.3 is 5.97 Å². The van der Waals surface area contributed by atoms with E-state index in [1.54, 1.807) is 0 Å². The van der Waals surface area contributed by atoms with Crippen LogP contribution in [-0.2, 0) is 4.79 Å². The molecule has 0 saturated carbocycles. The Morgan fingerprint density at radius 3 is 2.85 bits per heavy atom. The molecule has 0 fully saturated rings. The number of hydrogen-bond acceptors (Lipinski definition) is 5. The molecule has 0 aliphatic carbocycles. The van der Waals surface area contributed by atoms with Crippen LogP contribution in [0.3, 0.4) is 0 Å². The van der Waals surface area contributed by atoms with Gasteiger partial charge in [0.05, 0.1) is 6.42 Å². The summed E-state index contributed by atoms with van der Waals surface area (Å²) in [5.41, 5.74) is 5.50. The van der Waals surface area contributed by atoms with Gasteiger partial charge in [-0.05, 0) is 0 Å². The third-order valence-corrected chi connectivity index (χ3v) is 2.24. The Kier molecular flexibility index (Phi) is 3.51. The average molecular weight is 199 g/mol. The molecule has 1 aromatic heterocycles. The average Bonchev–Trinajstić information content (AvgIpc) is 2.08. The summed E-state index contributed by atoms with van der Waals surface area (Å²) in [5.74, 6) is -0.0223. The first-order chi connectivity index (χ1) is 6.20. The second-order valence-electron chi connectivity index (χ2n) is 2.24. The van der Waals surface area contributed by atoms with Crippen LogP contribution < -0.4 is 5.73 Å². The second kappa shape index (κ2) is 4.66. The lowest BCUT2D eigenvalue weighted by Crippen LogP contribution is -1.98. The normalized spacial score (nSPS) is 9.85. The number of aromatic nitrogens is 2. The van der Waals surface area contributed by atoms with E-state index in [0.717, 1.165) is 0 Å². The Labute approximate surface area is 79.4 Å². The fraction of sp³-hybridized carbons (Fsp3) is 0.286. The Morgan fingerprint density at radius 1 is 1.54 bits per heavy atom. The van der Waals surface area contributed by atoms with E-state index in [2.05, 4.69) is 9.97 Å². The fourth-order valence-electron chi connectivity index (χ4n) is 0.682. The number of thioether (sulfide) groups is 1. The molecule has 5 nitrogen and oxygen atoms in total. The zero-order valence-corrected chi connectivity index (χ0v) is 7.62. The van der Waals surface area contributed by atoms with Crippen molar-refractivity contribution in [3.05, 3.63) is 12.4 Å². The van der Waals surface area contributed by atoms with Crippen molar-refractivity contribution in [1.29, 1.82) is 0 Å². The number of nitrogens with two attached hydrogens (primary N) is 1. The van der Waals surface area contributed by atoms with Crippen LogP contribution in [0.4, 0.5) is 5.82 Å². The van der Waals surface area contributed by atoms with E-state index in [4.69, 9.17) is 10.8 Å². The van der Waals surface area contributed by atoms with Gasteiger partial charge in [0.15, 0.2) is 5.82 Å². The number of aliphatic carboxylic acids is 1. The minimum Gasteiger partial charge on any atom is -0.481 e. The number of carbonyl (C=O) groups is 1. The second-order valence-corrected chi connectivity index (χ2v) is 3.32. The van der Waals surface area contributed by atoms with Gasteiger partial charge in [0, 0.05) is 18.1 Å². The predicted molar refractivity (Wildman–Crippen MR) is 49.4 cm³/mol. The number of rotatable bonds is 4. The first kappa shape index (κ1) is 9.79. The molecule has 1 rings (SSSR count). The Hall–Kier alpha value is -1.30. The standard InChI is InChI=1S/C7H9N3O2S/c8-6-7(10-3-2-9-6)13-4-1-5(11)12/h2-3H,1,4H2,(H2,8,9)(H,11,12). The van der Waals surface area contributed by atoms with Crippen LogP contribution in [0.15, 0.2) is 17.4 Å². The van der Waals surface area contributed by atoms with Gasteiger partial charge in [0.25, 0.3) is 0 Å². The maximum absolute atomic E-state index is 10.2. The van der Waals surface area contributed by atoms with E-state index < -0.39 is 5.97 Å². The minimum atomic E-state index is -0.824. The van der Waals surface area contributed by atoms with Crippen molar-refractivity contribution in [3.8, 4) is 0 Å². The van der Waals surface area contributed by atoms with Crippen molar-refractivity contribution in [2.75, 3.05) is 11.5 Å². The lowest BCUT2D eigenvalue weighted by Gasteiger charge is -2.00. The van der Waals surface area contributed by atoms with Crippen LogP contribution in [0, 0.1) is 0 Å². The van der Waals surface area contributed by atoms with Gasteiger partial charge in [-0.2, -0.15) is 0 Å². The number of nitrogen functional groups attached to an aromatic ring is 1. The quantitative estimate of drug-likeness (QED) is 0.691. The van der Waals surface area contributed by atoms with Crippen molar-refractivity contribution in [2.45, 2.75) is 11.4 Å². The molecule has 0 aliphatic heterocycles. The highest BCUT2D eigenvalue weighted by Crippen LogP contribution is 2.19. The van der Waals surface area contributed by atoms with Crippen LogP contribution in [0.1, 0.15) is 6.42 Å². The number of carboxylic acids is 1. The largest absolute Gasteiger partial charge is 0.481 e. The Balaban J connectivity index is 2.45. The molecule has 70 valence electrons. The molecular weight excluding hydrogens is 190 g/mol. The maximum Gasteiger partial charge on any atom is 0.304 e. The maximum atomic E-state index is 10.2. The van der Waals surface area contributed by atoms with Crippen LogP contribution >= 0.6 is 11.8 Å². The van der Waals surface area contributed by atoms with Gasteiger partial charge in [-0.15, -0.1) is 11.8 Å². The predicted octanol–water partition coefficient (Wildman–Crippen LogP) is 0.626. The molecule has 0 atom stereocenters. The van der Waals surface area contributed by atoms with Gasteiger partial charge in [0.1, 0.15) is 5.03 Å². The Bertz CT molecular complexity index is 306. The van der Waals surface area contributed by atoms with E-state index in [0.29, 0.717) is 16.6 Å². The first-order valence-corrected chi connectivity index (χ1v) is 4.60. The molecule has 0 spiro atoms. The molecule has 6 heteroatoms. The van der Waals surface area contributed by atoms with E-state index in [9.17, 15) is 4.79 Å². The molecule has 0 amide bonds. The molecule has 13 heavy (non-hydrogen) atoms. The topological polar surface area (TPSA) is 89.1 Å². The summed E-state index contributed by atoms with van der Waals surface area (Å²) >= 11 is 1.30. The molecule has 0 unspecified atom stereocenters. The zero-order valence-electron chi connectivity index (χ0n) is 6.80. The van der Waals surface area contributed by atoms with E-state index in [1.165, 1.54) is 24.2 Å². The summed E-state index contributed by atoms with van der Waals surface area (Å²) in [6, 6.07) is 0. The third-order valence-electron chi connectivity index (χ3n) is 1.25. The molecule has 0 saturated heterocycles. The van der Waals surface area contributed by atoms with Gasteiger partial charge in [-0.1, -0.05) is 0 Å². The number of nitrogens with zero attached hydrogens (tertiary/aromatic N) is 2. The van der Waals surface area contributed by atoms with Crippen molar-refractivity contribution in [1.82, 2.24) is 9.97 Å². The number of anilines is 1. The highest BCUT2D eigenvalue weighted by molar-refractivity contribution is 7.99. The van der Waals surface area contributed by atoms with Crippen molar-refractivity contribution in [3.63, 3.8) is 0 Å². The molecule has 3 N–H and O–H groups in total. The minimum absolute atomic E-state index is 0.0979. The SMILES string of the molecule is Nc1nccnc1SCCC(=O)O. The van der Waals surface area contributed by atoms with Gasteiger partial charge in [-0.25, -0.2) is 9.97 Å². The van der Waals surface area contributed by atoms with Crippen molar-refractivity contribution in [2.24, 2.45) is 0 Å². The van der Waals surface area contributed by atoms with Crippen LogP contribution in [-0.4, -0.2) is 26.8 Å². The van der Waals surface area contributed by atoms with Gasteiger partial charge in [0.2, 0.25) is 0 Å². The Morgan fingerprint density at radius 2 is 2.23 bits per heavy atom. The van der Waals surface area contributed by atoms with Crippen molar-refractivity contribution >= 4 is 23.5 Å². The molecule has 0 aliphatic rings. The molecule has 1 heterocycles. The summed E-state index contributed by atoms with van der Waals surface area (Å²) in [4.78, 5) is 18.0. The lowest BCUT2D eigenvalue weighted by atomic mass is 10.5. The van der Waals surface area contributed by atoms with E-state index in [-0.39, 0.29) is 6.42 Å². The molecule has 1 aromatic rings. The third kappa shape index (κ3) is 3.29. The lowest BCUT2D eigenvalue weighted by molar-refractivity contribution is -0.136. The smallest absolute Gasteiger partial charge is 0.304 e. The van der Waals surface area contributed by atoms with Gasteiger partial charge < -0.3 is 10.8 Å². The summed E-state index contributed by atoms with van der Waals surface area (Å²) < 4.78 is 0. The van der Waals surface area contributed by atoms with Crippen LogP contribution in [0.2, 0.25) is 0 Å². The number of carboxylic acid groups (broad SMARTS) is 1. The summed E-state index contributed by atoms with van der Waals surface area (Å²) in [7, 11) is 0. The molecule has 0 aromatic carbocycles. The van der Waals surface area contributed by atoms with E-state index >= 15 is 0 Å². The summed E-state index contributed by atoms with van der Waals surface area (Å²) in [6.07, 6.45) is 3.12. The van der Waals surface area contributed by atoms with Crippen LogP contribution in [0.5, 0.6) is 0 Å². The van der Waals surface area contributed by atoms with Gasteiger partial charge in [-0.3, -0.25) is 4.79 Å². The molecular formula is C7H9N3O2S. The van der Waals surface area contributed by atoms with Crippen molar-refractivity contribution < 1.29 is 9.90 Å².